The molecule has 2 heterocycles. The summed E-state index contributed by atoms with van der Waals surface area (Å²) in [5.74, 6) is 0.426. The summed E-state index contributed by atoms with van der Waals surface area (Å²) in [5.41, 5.74) is 1.66. The van der Waals surface area contributed by atoms with Crippen LogP contribution in [0.2, 0.25) is 0 Å². The van der Waals surface area contributed by atoms with Crippen molar-refractivity contribution in [1.29, 1.82) is 0 Å². The van der Waals surface area contributed by atoms with Crippen LogP contribution >= 0.6 is 11.8 Å². The maximum atomic E-state index is 13.0. The summed E-state index contributed by atoms with van der Waals surface area (Å²) in [7, 11) is 0. The fraction of sp³-hybridized carbons (Fsp3) is 0.263. The van der Waals surface area contributed by atoms with Crippen LogP contribution in [0.1, 0.15) is 24.7 Å². The second-order valence-electron chi connectivity index (χ2n) is 5.53. The first-order valence-corrected chi connectivity index (χ1v) is 9.35. The van der Waals surface area contributed by atoms with Crippen LogP contribution in [0.25, 0.3) is 11.5 Å². The molecule has 0 aliphatic heterocycles. The van der Waals surface area contributed by atoms with Crippen molar-refractivity contribution in [3.8, 4) is 11.5 Å². The third-order valence-electron chi connectivity index (χ3n) is 3.94. The molecule has 0 spiro atoms. The number of thioether (sulfide) groups is 1. The average Bonchev–Trinajstić information content (AvgIpc) is 3.17. The number of pyridine rings is 1. The Kier molecular flexibility index (Phi) is 6.01. The fourth-order valence-electron chi connectivity index (χ4n) is 2.55. The quantitative estimate of drug-likeness (QED) is 0.590. The minimum Gasteiger partial charge on any atom is -0.411 e. The van der Waals surface area contributed by atoms with Crippen molar-refractivity contribution >= 4 is 17.7 Å². The fourth-order valence-corrected chi connectivity index (χ4v) is 3.51. The van der Waals surface area contributed by atoms with Gasteiger partial charge in [0.1, 0.15) is 5.25 Å². The smallest absolute Gasteiger partial charge is 0.277 e. The van der Waals surface area contributed by atoms with E-state index in [0.717, 1.165) is 11.1 Å². The highest BCUT2D eigenvalue weighted by Gasteiger charge is 2.28. The Balaban J connectivity index is 1.87. The van der Waals surface area contributed by atoms with E-state index < -0.39 is 5.25 Å². The third kappa shape index (κ3) is 4.11. The Morgan fingerprint density at radius 1 is 1.12 bits per heavy atom. The lowest BCUT2D eigenvalue weighted by Gasteiger charge is -2.24. The standard InChI is InChI=1S/C19H20N4O2S/c1-3-23(4-2)18(24)16(14-9-6-5-7-10-14)26-19-22-21-17(25-19)15-11-8-12-20-13-15/h5-13,16H,3-4H2,1-2H3. The van der Waals surface area contributed by atoms with Gasteiger partial charge in [-0.2, -0.15) is 0 Å². The molecule has 1 amide bonds. The highest BCUT2D eigenvalue weighted by molar-refractivity contribution is 8.00. The van der Waals surface area contributed by atoms with Gasteiger partial charge in [0.25, 0.3) is 5.22 Å². The van der Waals surface area contributed by atoms with E-state index in [0.29, 0.717) is 24.2 Å². The summed E-state index contributed by atoms with van der Waals surface area (Å²) in [4.78, 5) is 18.9. The van der Waals surface area contributed by atoms with Crippen LogP contribution in [0.5, 0.6) is 0 Å². The van der Waals surface area contributed by atoms with Crippen molar-refractivity contribution in [3.05, 3.63) is 60.4 Å². The molecule has 1 aromatic carbocycles. The van der Waals surface area contributed by atoms with Gasteiger partial charge >= 0.3 is 0 Å². The first-order valence-electron chi connectivity index (χ1n) is 8.47. The largest absolute Gasteiger partial charge is 0.411 e. The van der Waals surface area contributed by atoms with Crippen LogP contribution < -0.4 is 0 Å². The molecule has 0 fully saturated rings. The monoisotopic (exact) mass is 368 g/mol. The maximum Gasteiger partial charge on any atom is 0.277 e. The highest BCUT2D eigenvalue weighted by atomic mass is 32.2. The molecule has 0 N–H and O–H groups in total. The predicted molar refractivity (Wildman–Crippen MR) is 100 cm³/mol. The van der Waals surface area contributed by atoms with Gasteiger partial charge in [-0.3, -0.25) is 9.78 Å². The van der Waals surface area contributed by atoms with Gasteiger partial charge in [-0.1, -0.05) is 30.3 Å². The first kappa shape index (κ1) is 18.1. The predicted octanol–water partition coefficient (Wildman–Crippen LogP) is 3.83. The van der Waals surface area contributed by atoms with Gasteiger partial charge in [0.05, 0.1) is 5.56 Å². The molecule has 2 aromatic heterocycles. The van der Waals surface area contributed by atoms with Gasteiger partial charge in [0.15, 0.2) is 0 Å². The van der Waals surface area contributed by atoms with Gasteiger partial charge in [-0.25, -0.2) is 0 Å². The lowest BCUT2D eigenvalue weighted by Crippen LogP contribution is -2.33. The summed E-state index contributed by atoms with van der Waals surface area (Å²) in [5, 5.41) is 8.10. The van der Waals surface area contributed by atoms with Gasteiger partial charge in [-0.05, 0) is 43.3 Å². The number of amides is 1. The number of likely N-dealkylation sites (N-methyl/N-ethyl adjacent to an activating group) is 1. The normalized spacial score (nSPS) is 11.9. The van der Waals surface area contributed by atoms with E-state index in [1.165, 1.54) is 11.8 Å². The van der Waals surface area contributed by atoms with Crippen molar-refractivity contribution in [2.45, 2.75) is 24.3 Å². The Labute approximate surface area is 156 Å². The second-order valence-corrected chi connectivity index (χ2v) is 6.59. The van der Waals surface area contributed by atoms with Crippen molar-refractivity contribution < 1.29 is 9.21 Å². The summed E-state index contributed by atoms with van der Waals surface area (Å²) in [6.45, 7) is 5.26. The molecule has 3 aromatic rings. The van der Waals surface area contributed by atoms with Crippen molar-refractivity contribution in [3.63, 3.8) is 0 Å². The van der Waals surface area contributed by atoms with Crippen molar-refractivity contribution in [2.75, 3.05) is 13.1 Å². The zero-order chi connectivity index (χ0) is 18.4. The van der Waals surface area contributed by atoms with Gasteiger partial charge in [-0.15, -0.1) is 10.2 Å². The van der Waals surface area contributed by atoms with E-state index in [2.05, 4.69) is 15.2 Å². The number of carbonyl (C=O) groups excluding carboxylic acids is 1. The number of aromatic nitrogens is 3. The number of hydrogen-bond donors (Lipinski definition) is 0. The first-order chi connectivity index (χ1) is 12.7. The molecule has 0 radical (unpaired) electrons. The summed E-state index contributed by atoms with van der Waals surface area (Å²) in [6, 6.07) is 13.3. The van der Waals surface area contributed by atoms with Crippen LogP contribution in [-0.4, -0.2) is 39.1 Å². The summed E-state index contributed by atoms with van der Waals surface area (Å²) < 4.78 is 5.75. The lowest BCUT2D eigenvalue weighted by molar-refractivity contribution is -0.130. The van der Waals surface area contributed by atoms with E-state index in [-0.39, 0.29) is 5.91 Å². The zero-order valence-corrected chi connectivity index (χ0v) is 15.5. The molecule has 0 saturated heterocycles. The number of benzene rings is 1. The van der Waals surface area contributed by atoms with Crippen LogP contribution in [-0.2, 0) is 4.79 Å². The molecular weight excluding hydrogens is 348 g/mol. The van der Waals surface area contributed by atoms with Crippen molar-refractivity contribution in [2.24, 2.45) is 0 Å². The Hall–Kier alpha value is -2.67. The van der Waals surface area contributed by atoms with Gasteiger partial charge < -0.3 is 9.32 Å². The summed E-state index contributed by atoms with van der Waals surface area (Å²) >= 11 is 1.27. The van der Waals surface area contributed by atoms with E-state index in [1.807, 2.05) is 61.2 Å². The SMILES string of the molecule is CCN(CC)C(=O)C(Sc1nnc(-c2cccnc2)o1)c1ccccc1. The Morgan fingerprint density at radius 2 is 1.88 bits per heavy atom. The lowest BCUT2D eigenvalue weighted by atomic mass is 10.1. The van der Waals surface area contributed by atoms with Crippen LogP contribution in [0.4, 0.5) is 0 Å². The van der Waals surface area contributed by atoms with E-state index >= 15 is 0 Å². The zero-order valence-electron chi connectivity index (χ0n) is 14.7. The van der Waals surface area contributed by atoms with E-state index in [4.69, 9.17) is 4.42 Å². The molecule has 6 nitrogen and oxygen atoms in total. The molecule has 0 bridgehead atoms. The highest BCUT2D eigenvalue weighted by Crippen LogP contribution is 2.37. The molecule has 0 aliphatic carbocycles. The molecule has 0 saturated carbocycles. The van der Waals surface area contributed by atoms with Crippen LogP contribution in [0.3, 0.4) is 0 Å². The molecular formula is C19H20N4O2S. The topological polar surface area (TPSA) is 72.1 Å². The number of rotatable bonds is 7. The molecule has 0 aliphatic rings. The Morgan fingerprint density at radius 3 is 2.54 bits per heavy atom. The number of hydrogen-bond acceptors (Lipinski definition) is 6. The molecule has 134 valence electrons. The van der Waals surface area contributed by atoms with Crippen molar-refractivity contribution in [1.82, 2.24) is 20.1 Å². The minimum atomic E-state index is -0.432. The van der Waals surface area contributed by atoms with Gasteiger partial charge in [0, 0.05) is 25.5 Å². The maximum absolute atomic E-state index is 13.0. The molecule has 26 heavy (non-hydrogen) atoms. The summed E-state index contributed by atoms with van der Waals surface area (Å²) in [6.07, 6.45) is 3.35. The average molecular weight is 368 g/mol. The van der Waals surface area contributed by atoms with Gasteiger partial charge in [0.2, 0.25) is 11.8 Å². The molecule has 7 heteroatoms. The molecule has 1 atom stereocenters. The number of carbonyl (C=O) groups is 1. The van der Waals surface area contributed by atoms with E-state index in [1.54, 1.807) is 12.4 Å². The molecule has 3 rings (SSSR count). The molecule has 1 unspecified atom stereocenters. The minimum absolute atomic E-state index is 0.0346. The second kappa shape index (κ2) is 8.62. The van der Waals surface area contributed by atoms with Crippen LogP contribution in [0.15, 0.2) is 64.5 Å². The Bertz CT molecular complexity index is 835. The third-order valence-corrected chi connectivity index (χ3v) is 5.01. The number of nitrogens with zero attached hydrogens (tertiary/aromatic N) is 4. The van der Waals surface area contributed by atoms with E-state index in [9.17, 15) is 4.79 Å². The van der Waals surface area contributed by atoms with Crippen LogP contribution in [0, 0.1) is 0 Å².